The molecule has 13 rings (SSSR count). The quantitative estimate of drug-likeness (QED) is 0.102. The van der Waals surface area contributed by atoms with Gasteiger partial charge in [0.25, 0.3) is 0 Å². The van der Waals surface area contributed by atoms with E-state index in [1.807, 2.05) is 0 Å². The molecule has 0 heterocycles. The molecular weight excluding hydrogens is 895 g/mol. The number of benzene rings is 10. The van der Waals surface area contributed by atoms with Crippen LogP contribution >= 0.6 is 0 Å². The van der Waals surface area contributed by atoms with Crippen molar-refractivity contribution < 1.29 is 0 Å². The van der Waals surface area contributed by atoms with Crippen LogP contribution in [0, 0.1) is 0 Å². The molecule has 0 amide bonds. The number of fused-ring (bicyclic) bond motifs is 10. The van der Waals surface area contributed by atoms with Gasteiger partial charge in [0.2, 0.25) is 0 Å². The van der Waals surface area contributed by atoms with Gasteiger partial charge in [-0.25, -0.2) is 9.98 Å². The molecule has 3 aliphatic rings. The highest BCUT2D eigenvalue weighted by Crippen LogP contribution is 2.64. The molecular formula is C71H51N3. The molecule has 0 saturated heterocycles. The molecule has 0 aromatic heterocycles. The highest BCUT2D eigenvalue weighted by molar-refractivity contribution is 6.16. The van der Waals surface area contributed by atoms with E-state index in [4.69, 9.17) is 15.0 Å². The lowest BCUT2D eigenvalue weighted by molar-refractivity contribution is 0.792. The lowest BCUT2D eigenvalue weighted by Gasteiger charge is -2.32. The fourth-order valence-electron chi connectivity index (χ4n) is 11.8. The molecule has 3 nitrogen and oxygen atoms in total. The molecule has 3 heteroatoms. The van der Waals surface area contributed by atoms with Crippen LogP contribution in [0.4, 0.5) is 0 Å². The van der Waals surface area contributed by atoms with Gasteiger partial charge in [-0.3, -0.25) is 4.99 Å². The van der Waals surface area contributed by atoms with E-state index in [1.165, 1.54) is 50.1 Å². The number of aliphatic imine (C=N–C) groups is 3. The van der Waals surface area contributed by atoms with Crippen molar-refractivity contribution >= 4 is 24.0 Å². The summed E-state index contributed by atoms with van der Waals surface area (Å²) in [6, 6.07) is 87.7. The van der Waals surface area contributed by atoms with Gasteiger partial charge in [-0.1, -0.05) is 218 Å². The first-order chi connectivity index (χ1) is 36.6. The first kappa shape index (κ1) is 44.6. The number of allylic oxidation sites excluding steroid dienone is 4. The largest absolute Gasteiger partial charge is 0.261 e. The van der Waals surface area contributed by atoms with E-state index in [0.29, 0.717) is 18.2 Å². The molecule has 0 saturated carbocycles. The predicted octanol–water partition coefficient (Wildman–Crippen LogP) is 17.5. The second-order valence-corrected chi connectivity index (χ2v) is 19.4. The van der Waals surface area contributed by atoms with Crippen LogP contribution in [0.25, 0.3) is 72.3 Å². The van der Waals surface area contributed by atoms with Crippen molar-refractivity contribution in [1.29, 1.82) is 0 Å². The molecule has 0 radical (unpaired) electrons. The average Bonchev–Trinajstić information content (AvgIpc) is 3.96. The van der Waals surface area contributed by atoms with Gasteiger partial charge < -0.3 is 0 Å². The smallest absolute Gasteiger partial charge is 0.161 e. The van der Waals surface area contributed by atoms with E-state index in [2.05, 4.69) is 268 Å². The molecule has 1 unspecified atom stereocenters. The Morgan fingerprint density at radius 1 is 0.405 bits per heavy atom. The Morgan fingerprint density at radius 3 is 1.51 bits per heavy atom. The van der Waals surface area contributed by atoms with E-state index in [-0.39, 0.29) is 0 Å². The Kier molecular flexibility index (Phi) is 11.5. The van der Waals surface area contributed by atoms with Gasteiger partial charge in [0.15, 0.2) is 11.7 Å². The van der Waals surface area contributed by atoms with Crippen molar-refractivity contribution in [3.8, 4) is 66.8 Å². The summed E-state index contributed by atoms with van der Waals surface area (Å²) in [4.78, 5) is 16.3. The van der Waals surface area contributed by atoms with E-state index >= 15 is 0 Å². The Hall–Kier alpha value is -9.31. The van der Waals surface area contributed by atoms with Crippen LogP contribution in [-0.4, -0.2) is 18.4 Å². The minimum absolute atomic E-state index is 0.378. The van der Waals surface area contributed by atoms with Crippen molar-refractivity contribution in [1.82, 2.24) is 0 Å². The number of nitrogens with zero attached hydrogens (tertiary/aromatic N) is 3. The molecule has 0 bridgehead atoms. The van der Waals surface area contributed by atoms with Gasteiger partial charge in [-0.15, -0.1) is 0 Å². The van der Waals surface area contributed by atoms with Crippen molar-refractivity contribution in [3.05, 3.63) is 305 Å². The second kappa shape index (κ2) is 19.0. The summed E-state index contributed by atoms with van der Waals surface area (Å²) in [5.41, 5.74) is 23.4. The minimum atomic E-state index is -0.673. The van der Waals surface area contributed by atoms with Crippen molar-refractivity contribution in [2.45, 2.75) is 24.8 Å². The van der Waals surface area contributed by atoms with Gasteiger partial charge in [-0.05, 0) is 168 Å². The number of hydrogen-bond donors (Lipinski definition) is 0. The zero-order chi connectivity index (χ0) is 49.4. The first-order valence-corrected chi connectivity index (χ1v) is 25.6. The van der Waals surface area contributed by atoms with Gasteiger partial charge >= 0.3 is 0 Å². The summed E-state index contributed by atoms with van der Waals surface area (Å²) in [7, 11) is 0. The van der Waals surface area contributed by atoms with Crippen molar-refractivity contribution in [2.75, 3.05) is 0 Å². The van der Waals surface area contributed by atoms with Crippen molar-refractivity contribution in [3.63, 3.8) is 0 Å². The molecule has 0 aliphatic heterocycles. The average molecular weight is 946 g/mol. The van der Waals surface area contributed by atoms with Gasteiger partial charge in [0.1, 0.15) is 0 Å². The maximum atomic E-state index is 5.70. The van der Waals surface area contributed by atoms with Gasteiger partial charge in [-0.2, -0.15) is 0 Å². The van der Waals surface area contributed by atoms with Crippen LogP contribution in [0.2, 0.25) is 0 Å². The molecule has 350 valence electrons. The fourth-order valence-corrected chi connectivity index (χ4v) is 11.8. The summed E-state index contributed by atoms with van der Waals surface area (Å²) in [6.07, 6.45) is 8.88. The zero-order valence-corrected chi connectivity index (χ0v) is 41.0. The highest BCUT2D eigenvalue weighted by Gasteiger charge is 2.53. The predicted molar refractivity (Wildman–Crippen MR) is 310 cm³/mol. The maximum absolute atomic E-state index is 5.70. The summed E-state index contributed by atoms with van der Waals surface area (Å²) in [5.74, 6) is 1.10. The molecule has 0 N–H and O–H groups in total. The van der Waals surface area contributed by atoms with Gasteiger partial charge in [0, 0.05) is 11.1 Å². The molecule has 3 aliphatic carbocycles. The van der Waals surface area contributed by atoms with Crippen molar-refractivity contribution in [2.24, 2.45) is 15.0 Å². The molecule has 74 heavy (non-hydrogen) atoms. The molecule has 10 aromatic carbocycles. The van der Waals surface area contributed by atoms with E-state index < -0.39 is 5.41 Å². The third-order valence-electron chi connectivity index (χ3n) is 15.1. The number of rotatable bonds is 9. The zero-order valence-electron chi connectivity index (χ0n) is 41.0. The van der Waals surface area contributed by atoms with Crippen LogP contribution in [0.15, 0.2) is 276 Å². The molecule has 0 fully saturated rings. The minimum Gasteiger partial charge on any atom is -0.261 e. The van der Waals surface area contributed by atoms with Crippen LogP contribution in [0.1, 0.15) is 57.3 Å². The molecule has 10 aromatic rings. The van der Waals surface area contributed by atoms with E-state index in [1.54, 1.807) is 0 Å². The van der Waals surface area contributed by atoms with Crippen LogP contribution in [0.3, 0.4) is 0 Å². The van der Waals surface area contributed by atoms with Crippen LogP contribution in [-0.2, 0) is 12.0 Å². The lowest BCUT2D eigenvalue weighted by Crippen LogP contribution is -2.28. The topological polar surface area (TPSA) is 37.1 Å². The fraction of sp³-hybridized carbons (Fsp3) is 0.0563. The summed E-state index contributed by atoms with van der Waals surface area (Å²) < 4.78 is 0. The Balaban J connectivity index is 1.05. The number of amidine groups is 2. The second-order valence-electron chi connectivity index (χ2n) is 19.4. The standard InChI is InChI=1S/C71H51N3/c1-72-70(64-35-21-34-63-61-33-18-20-37-66(61)71(68(63)64)65-36-19-17-32-60(65)62-39-38-54(46-67(62)71)49-22-7-2-8-23-49)74-69(59-44-57(52-28-13-5-14-29-52)43-58(45-59)53-30-15-6-16-31-53)73-47-48-40-55(50-24-9-3-10-25-50)42-56(41-48)51-26-11-4-12-27-51/h2-5,7-15,17-46H,1,6,16,47H2. The Labute approximate surface area is 433 Å². The SMILES string of the molecule is C=NC(=NC(=NCc1cc(-c2ccccc2)cc(-c2ccccc2)c1)c1cc(C2=CCCC=C2)cc(-c2ccccc2)c1)c1cccc2c1C1(c3ccccc3-c3ccc(-c4ccccc4)cc31)c1ccccc1-2. The summed E-state index contributed by atoms with van der Waals surface area (Å²) >= 11 is 0. The van der Waals surface area contributed by atoms with Gasteiger partial charge in [0.05, 0.1) is 12.0 Å². The van der Waals surface area contributed by atoms with E-state index in [0.717, 1.165) is 79.6 Å². The summed E-state index contributed by atoms with van der Waals surface area (Å²) in [5, 5.41) is 0. The highest BCUT2D eigenvalue weighted by atomic mass is 15.0. The summed E-state index contributed by atoms with van der Waals surface area (Å²) in [6.45, 7) is 4.70. The third-order valence-corrected chi connectivity index (χ3v) is 15.1. The molecule has 1 atom stereocenters. The first-order valence-electron chi connectivity index (χ1n) is 25.6. The maximum Gasteiger partial charge on any atom is 0.161 e. The monoisotopic (exact) mass is 945 g/mol. The molecule has 1 spiro atoms. The van der Waals surface area contributed by atoms with Crippen LogP contribution in [0.5, 0.6) is 0 Å². The Morgan fingerprint density at radius 2 is 0.919 bits per heavy atom. The van der Waals surface area contributed by atoms with Crippen LogP contribution < -0.4 is 0 Å². The van der Waals surface area contributed by atoms with E-state index in [9.17, 15) is 0 Å². The lowest BCUT2D eigenvalue weighted by atomic mass is 9.69. The number of hydrogen-bond acceptors (Lipinski definition) is 1. The third kappa shape index (κ3) is 7.82. The Bertz CT molecular complexity index is 3850. The normalized spacial score (nSPS) is 15.3.